The third kappa shape index (κ3) is 6.52. The third-order valence-electron chi connectivity index (χ3n) is 5.38. The van der Waals surface area contributed by atoms with Gasteiger partial charge in [-0.15, -0.1) is 6.58 Å². The van der Waals surface area contributed by atoms with E-state index in [4.69, 9.17) is 9.57 Å². The van der Waals surface area contributed by atoms with Crippen LogP contribution in [0, 0.1) is 10.1 Å². The second-order valence-electron chi connectivity index (χ2n) is 9.29. The summed E-state index contributed by atoms with van der Waals surface area (Å²) in [7, 11) is -3.62. The van der Waals surface area contributed by atoms with Crippen molar-refractivity contribution in [1.29, 1.82) is 0 Å². The SMILES string of the molecule is C=CCON(C1CN(C(=O)OC(C)(C)C)Cc2c1sc(=O)n2CC(=O)OC)S(=O)(=O)c1ccccc1[N+](=O)[O-]. The predicted octanol–water partition coefficient (Wildman–Crippen LogP) is 2.59. The van der Waals surface area contributed by atoms with Gasteiger partial charge in [-0.3, -0.25) is 29.1 Å². The van der Waals surface area contributed by atoms with Crippen molar-refractivity contribution >= 4 is 39.1 Å². The molecule has 39 heavy (non-hydrogen) atoms. The Bertz CT molecular complexity index is 1440. The number of sulfonamides is 1. The Hall–Kier alpha value is -3.60. The van der Waals surface area contributed by atoms with Gasteiger partial charge in [0.2, 0.25) is 0 Å². The number of fused-ring (bicyclic) bond motifs is 1. The standard InChI is InChI=1S/C23H28N4O10S2/c1-6-11-36-27(39(33,34)18-10-8-7-9-15(18)26(31)32)17-13-24(21(29)37-23(2,3)4)12-16-20(17)38-22(30)25(16)14-19(28)35-5/h6-10,17H,1,11-14H2,2-5H3. The number of amides is 1. The molecule has 2 heterocycles. The number of aromatic nitrogens is 1. The van der Waals surface area contributed by atoms with Gasteiger partial charge in [0.05, 0.1) is 35.8 Å². The first-order valence-electron chi connectivity index (χ1n) is 11.5. The number of nitro benzene ring substituents is 1. The first kappa shape index (κ1) is 29.9. The largest absolute Gasteiger partial charge is 0.468 e. The fourth-order valence-corrected chi connectivity index (χ4v) is 6.47. The lowest BCUT2D eigenvalue weighted by atomic mass is 10.1. The zero-order chi connectivity index (χ0) is 29.1. The van der Waals surface area contributed by atoms with Gasteiger partial charge in [-0.25, -0.2) is 13.2 Å². The van der Waals surface area contributed by atoms with Crippen LogP contribution < -0.4 is 4.87 Å². The summed E-state index contributed by atoms with van der Waals surface area (Å²) in [4.78, 5) is 54.5. The quantitative estimate of drug-likeness (QED) is 0.185. The number of carbonyl (C=O) groups excluding carboxylic acids is 2. The van der Waals surface area contributed by atoms with Crippen LogP contribution in [0.2, 0.25) is 0 Å². The van der Waals surface area contributed by atoms with Gasteiger partial charge in [-0.1, -0.05) is 34.0 Å². The van der Waals surface area contributed by atoms with Crippen LogP contribution in [0.15, 0.2) is 46.6 Å². The van der Waals surface area contributed by atoms with Gasteiger partial charge in [0, 0.05) is 12.6 Å². The Morgan fingerprint density at radius 3 is 2.56 bits per heavy atom. The van der Waals surface area contributed by atoms with Crippen LogP contribution in [0.4, 0.5) is 10.5 Å². The highest BCUT2D eigenvalue weighted by molar-refractivity contribution is 7.89. The Labute approximate surface area is 228 Å². The van der Waals surface area contributed by atoms with Gasteiger partial charge >= 0.3 is 16.9 Å². The molecule has 1 atom stereocenters. The van der Waals surface area contributed by atoms with Crippen molar-refractivity contribution in [1.82, 2.24) is 13.9 Å². The summed E-state index contributed by atoms with van der Waals surface area (Å²) in [6.45, 7) is 7.15. The molecule has 0 saturated carbocycles. The topological polar surface area (TPSA) is 168 Å². The van der Waals surface area contributed by atoms with Gasteiger partial charge in [0.25, 0.3) is 15.7 Å². The van der Waals surface area contributed by atoms with E-state index in [1.807, 2.05) is 0 Å². The number of rotatable bonds is 9. The van der Waals surface area contributed by atoms with Crippen molar-refractivity contribution in [3.63, 3.8) is 0 Å². The molecular formula is C23H28N4O10S2. The minimum Gasteiger partial charge on any atom is -0.468 e. The molecule has 0 bridgehead atoms. The second kappa shape index (κ2) is 11.6. The summed E-state index contributed by atoms with van der Waals surface area (Å²) in [5.74, 6) is -0.740. The number of para-hydroxylation sites is 1. The molecular weight excluding hydrogens is 556 g/mol. The average molecular weight is 585 g/mol. The molecule has 1 amide bonds. The molecule has 1 aliphatic heterocycles. The first-order valence-corrected chi connectivity index (χ1v) is 13.8. The van der Waals surface area contributed by atoms with E-state index in [-0.39, 0.29) is 30.3 Å². The summed E-state index contributed by atoms with van der Waals surface area (Å²) in [5.41, 5.74) is -1.42. The Balaban J connectivity index is 2.22. The van der Waals surface area contributed by atoms with Crippen molar-refractivity contribution in [2.75, 3.05) is 20.3 Å². The number of nitro groups is 1. The number of esters is 1. The minimum atomic E-state index is -4.76. The number of hydrogen-bond acceptors (Lipinski definition) is 11. The fraction of sp³-hybridized carbons (Fsp3) is 0.435. The van der Waals surface area contributed by atoms with Crippen LogP contribution in [-0.2, 0) is 42.2 Å². The Kier molecular flexibility index (Phi) is 8.94. The highest BCUT2D eigenvalue weighted by Crippen LogP contribution is 2.39. The maximum Gasteiger partial charge on any atom is 0.410 e. The van der Waals surface area contributed by atoms with E-state index < -0.39 is 60.7 Å². The monoisotopic (exact) mass is 584 g/mol. The third-order valence-corrected chi connectivity index (χ3v) is 8.24. The van der Waals surface area contributed by atoms with E-state index in [1.165, 1.54) is 18.2 Å². The van der Waals surface area contributed by atoms with Crippen LogP contribution in [0.25, 0.3) is 0 Å². The predicted molar refractivity (Wildman–Crippen MR) is 138 cm³/mol. The molecule has 1 aromatic heterocycles. The minimum absolute atomic E-state index is 0.169. The zero-order valence-corrected chi connectivity index (χ0v) is 23.3. The number of thiazole rings is 1. The normalized spacial score (nSPS) is 15.5. The van der Waals surface area contributed by atoms with Crippen molar-refractivity contribution in [3.05, 3.63) is 67.3 Å². The zero-order valence-electron chi connectivity index (χ0n) is 21.7. The number of ether oxygens (including phenoxy) is 2. The molecule has 14 nitrogen and oxygen atoms in total. The van der Waals surface area contributed by atoms with Crippen LogP contribution in [0.5, 0.6) is 0 Å². The highest BCUT2D eigenvalue weighted by atomic mass is 32.2. The summed E-state index contributed by atoms with van der Waals surface area (Å²) in [6.07, 6.45) is 0.454. The van der Waals surface area contributed by atoms with Crippen LogP contribution in [0.1, 0.15) is 37.4 Å². The molecule has 1 aliphatic rings. The van der Waals surface area contributed by atoms with E-state index in [0.29, 0.717) is 15.8 Å². The smallest absolute Gasteiger partial charge is 0.410 e. The Morgan fingerprint density at radius 2 is 1.97 bits per heavy atom. The van der Waals surface area contributed by atoms with Gasteiger partial charge in [0.15, 0.2) is 4.90 Å². The maximum atomic E-state index is 13.9. The first-order chi connectivity index (χ1) is 18.2. The number of benzene rings is 1. The highest BCUT2D eigenvalue weighted by Gasteiger charge is 2.44. The van der Waals surface area contributed by atoms with E-state index in [9.17, 15) is 32.9 Å². The number of nitrogens with zero attached hydrogens (tertiary/aromatic N) is 4. The summed E-state index contributed by atoms with van der Waals surface area (Å²) >= 11 is 0.663. The van der Waals surface area contributed by atoms with E-state index in [2.05, 4.69) is 11.3 Å². The Morgan fingerprint density at radius 1 is 1.31 bits per heavy atom. The molecule has 0 saturated heterocycles. The average Bonchev–Trinajstić information content (AvgIpc) is 3.17. The summed E-state index contributed by atoms with van der Waals surface area (Å²) in [5, 5.41) is 11.6. The van der Waals surface area contributed by atoms with Crippen LogP contribution >= 0.6 is 11.3 Å². The number of carbonyl (C=O) groups is 2. The van der Waals surface area contributed by atoms with Crippen molar-refractivity contribution in [3.8, 4) is 0 Å². The van der Waals surface area contributed by atoms with E-state index in [1.54, 1.807) is 20.8 Å². The summed E-state index contributed by atoms with van der Waals surface area (Å²) in [6, 6.07) is 3.38. The molecule has 212 valence electrons. The lowest BCUT2D eigenvalue weighted by molar-refractivity contribution is -0.388. The summed E-state index contributed by atoms with van der Waals surface area (Å²) < 4.78 is 39.5. The van der Waals surface area contributed by atoms with Gasteiger partial charge < -0.3 is 14.4 Å². The molecule has 1 aromatic carbocycles. The number of hydrogen-bond donors (Lipinski definition) is 0. The molecule has 0 fully saturated rings. The second-order valence-corrected chi connectivity index (χ2v) is 12.0. The van der Waals surface area contributed by atoms with Crippen molar-refractivity contribution in [2.45, 2.75) is 50.4 Å². The molecule has 0 aliphatic carbocycles. The van der Waals surface area contributed by atoms with Crippen LogP contribution in [0.3, 0.4) is 0 Å². The van der Waals surface area contributed by atoms with Crippen molar-refractivity contribution < 1.29 is 37.2 Å². The van der Waals surface area contributed by atoms with Crippen LogP contribution in [-0.4, -0.2) is 65.2 Å². The molecule has 3 rings (SSSR count). The molecule has 1 unspecified atom stereocenters. The maximum absolute atomic E-state index is 13.9. The molecule has 0 spiro atoms. The lowest BCUT2D eigenvalue weighted by Crippen LogP contribution is -2.48. The lowest BCUT2D eigenvalue weighted by Gasteiger charge is -2.37. The van der Waals surface area contributed by atoms with Gasteiger partial charge in [-0.2, -0.15) is 0 Å². The van der Waals surface area contributed by atoms with Gasteiger partial charge in [-0.05, 0) is 26.8 Å². The van der Waals surface area contributed by atoms with E-state index in [0.717, 1.165) is 28.7 Å². The van der Waals surface area contributed by atoms with Crippen molar-refractivity contribution in [2.24, 2.45) is 0 Å². The molecule has 2 aromatic rings. The number of methoxy groups -OCH3 is 1. The fourth-order valence-electron chi connectivity index (χ4n) is 3.77. The van der Waals surface area contributed by atoms with E-state index >= 15 is 0 Å². The molecule has 0 radical (unpaired) electrons. The van der Waals surface area contributed by atoms with Gasteiger partial charge in [0.1, 0.15) is 18.2 Å². The molecule has 16 heteroatoms. The molecule has 0 N–H and O–H groups in total. The number of hydroxylamine groups is 1.